The first-order valence-electron chi connectivity index (χ1n) is 19.1. The number of carboxylic acids is 2. The highest BCUT2D eigenvalue weighted by Crippen LogP contribution is 2.57. The largest absolute Gasteiger partial charge is 0.481 e. The third-order valence-electron chi connectivity index (χ3n) is 10.2. The molecule has 0 aromatic heterocycles. The fourth-order valence-electron chi connectivity index (χ4n) is 7.52. The lowest BCUT2D eigenvalue weighted by atomic mass is 9.99. The first-order chi connectivity index (χ1) is 28.5. The van der Waals surface area contributed by atoms with Crippen LogP contribution in [0.5, 0.6) is 11.5 Å². The molecule has 3 N–H and O–H groups in total. The summed E-state index contributed by atoms with van der Waals surface area (Å²) in [5.74, 6) is -2.78. The van der Waals surface area contributed by atoms with Crippen LogP contribution < -0.4 is 30.7 Å². The Bertz CT molecular complexity index is 2510. The van der Waals surface area contributed by atoms with Gasteiger partial charge in [0, 0.05) is 32.3 Å². The van der Waals surface area contributed by atoms with Crippen molar-refractivity contribution in [1.29, 1.82) is 0 Å². The summed E-state index contributed by atoms with van der Waals surface area (Å²) in [6.07, 6.45) is 0. The molecule has 0 aliphatic carbocycles. The van der Waals surface area contributed by atoms with E-state index in [1.165, 1.54) is 0 Å². The van der Waals surface area contributed by atoms with E-state index >= 15 is 0 Å². The van der Waals surface area contributed by atoms with Gasteiger partial charge in [0.2, 0.25) is 12.7 Å². The molecule has 0 spiro atoms. The maximum Gasteiger partial charge on any atom is 0.341 e. The Labute approximate surface area is 350 Å². The molecular weight excluding hydrogens is 798 g/mol. The molecule has 0 aliphatic heterocycles. The van der Waals surface area contributed by atoms with Crippen LogP contribution in [0.15, 0.2) is 133 Å². The van der Waals surface area contributed by atoms with Crippen molar-refractivity contribution in [2.75, 3.05) is 13.2 Å². The van der Waals surface area contributed by atoms with Crippen LogP contribution >= 0.6 is 14.3 Å². The van der Waals surface area contributed by atoms with Crippen LogP contribution in [0.25, 0.3) is 0 Å². The number of aryl methyl sites for hydroxylation is 4. The number of carboxylic acid groups (broad SMARTS) is 2. The molecule has 10 nitrogen and oxygen atoms in total. The smallest absolute Gasteiger partial charge is 0.341 e. The summed E-state index contributed by atoms with van der Waals surface area (Å²) >= 11 is 0. The summed E-state index contributed by atoms with van der Waals surface area (Å²) in [5, 5.41) is 31.6. The van der Waals surface area contributed by atoms with Crippen LogP contribution in [-0.2, 0) is 18.7 Å². The van der Waals surface area contributed by atoms with Crippen LogP contribution in [0.2, 0.25) is 0 Å². The second kappa shape index (κ2) is 19.3. The van der Waals surface area contributed by atoms with E-state index in [9.17, 15) is 28.6 Å². The van der Waals surface area contributed by atoms with Gasteiger partial charge in [0.1, 0.15) is 17.3 Å². The van der Waals surface area contributed by atoms with Crippen LogP contribution in [-0.4, -0.2) is 46.0 Å². The third-order valence-corrected chi connectivity index (χ3v) is 16.1. The Morgan fingerprint density at radius 2 is 0.867 bits per heavy atom. The Morgan fingerprint density at radius 1 is 0.517 bits per heavy atom. The molecule has 1 unspecified atom stereocenters. The lowest BCUT2D eigenvalue weighted by Crippen LogP contribution is -2.24. The molecule has 60 heavy (non-hydrogen) atoms. The SMILES string of the molecule is Cc1cc(C)c(C(=O)P(=O)(c2ccccc2)c2ccccc2)c(C)c1OCC(=O)O.Cc1cc(C)c(C(O)P(=O)(c2ccccc2)c2ccccc2)c(C)c1OCC(=O)O. The number of carbonyl (C=O) groups excluding carboxylic acids is 1. The third kappa shape index (κ3) is 9.37. The van der Waals surface area contributed by atoms with Crippen molar-refractivity contribution in [3.63, 3.8) is 0 Å². The molecule has 6 aromatic rings. The summed E-state index contributed by atoms with van der Waals surface area (Å²) in [7, 11) is -7.15. The Kier molecular flexibility index (Phi) is 14.5. The molecule has 0 heterocycles. The van der Waals surface area contributed by atoms with Crippen molar-refractivity contribution in [2.24, 2.45) is 0 Å². The highest BCUT2D eigenvalue weighted by molar-refractivity contribution is 7.93. The molecule has 0 aliphatic rings. The topological polar surface area (TPSA) is 164 Å². The van der Waals surface area contributed by atoms with E-state index in [0.717, 1.165) is 16.7 Å². The van der Waals surface area contributed by atoms with Crippen molar-refractivity contribution in [1.82, 2.24) is 0 Å². The van der Waals surface area contributed by atoms with Crippen molar-refractivity contribution in [3.8, 4) is 11.5 Å². The highest BCUT2D eigenvalue weighted by Gasteiger charge is 2.40. The molecule has 12 heteroatoms. The minimum absolute atomic E-state index is 0.303. The minimum atomic E-state index is -3.67. The summed E-state index contributed by atoms with van der Waals surface area (Å²) in [6, 6.07) is 39.0. The first kappa shape index (κ1) is 45.0. The van der Waals surface area contributed by atoms with Crippen LogP contribution in [0.3, 0.4) is 0 Å². The Balaban J connectivity index is 0.000000228. The fraction of sp³-hybridized carbons (Fsp3) is 0.188. The Hall–Kier alpha value is -6.05. The van der Waals surface area contributed by atoms with Gasteiger partial charge >= 0.3 is 11.9 Å². The number of carbonyl (C=O) groups is 3. The van der Waals surface area contributed by atoms with E-state index in [1.807, 2.05) is 44.2 Å². The average molecular weight is 847 g/mol. The monoisotopic (exact) mass is 846 g/mol. The summed E-state index contributed by atoms with van der Waals surface area (Å²) < 4.78 is 39.9. The fourth-order valence-corrected chi connectivity index (χ4v) is 13.0. The zero-order valence-electron chi connectivity index (χ0n) is 34.3. The second-order valence-corrected chi connectivity index (χ2v) is 19.9. The van der Waals surface area contributed by atoms with Gasteiger partial charge < -0.3 is 33.9 Å². The minimum Gasteiger partial charge on any atom is -0.481 e. The van der Waals surface area contributed by atoms with Gasteiger partial charge in [-0.25, -0.2) is 9.59 Å². The zero-order chi connectivity index (χ0) is 43.8. The standard InChI is InChI=1S/C24H25O5P.C24H23O5P/c2*1-16-14-17(2)23(29-15-21(25)26)18(3)22(16)24(27)30(28,19-10-6-4-7-11-19)20-12-8-5-9-13-20/h4-14,24,27H,15H2,1-3H3,(H,25,26);4-14H,15H2,1-3H3,(H,25,26). The second-order valence-electron chi connectivity index (χ2n) is 14.4. The van der Waals surface area contributed by atoms with Gasteiger partial charge in [-0.05, 0) is 74.9 Å². The predicted octanol–water partition coefficient (Wildman–Crippen LogP) is 8.31. The van der Waals surface area contributed by atoms with Crippen molar-refractivity contribution in [2.45, 2.75) is 47.4 Å². The lowest BCUT2D eigenvalue weighted by molar-refractivity contribution is -0.140. The number of ether oxygens (including phenoxy) is 2. The first-order valence-corrected chi connectivity index (χ1v) is 22.6. The molecule has 6 aromatic carbocycles. The molecule has 6 rings (SSSR count). The van der Waals surface area contributed by atoms with E-state index in [2.05, 4.69) is 0 Å². The number of aliphatic hydroxyl groups is 1. The molecule has 0 bridgehead atoms. The number of hydrogen-bond acceptors (Lipinski definition) is 8. The van der Waals surface area contributed by atoms with Crippen molar-refractivity contribution in [3.05, 3.63) is 178 Å². The summed E-state index contributed by atoms with van der Waals surface area (Å²) in [6.45, 7) is 9.69. The van der Waals surface area contributed by atoms with E-state index in [-0.39, 0.29) is 0 Å². The molecule has 0 saturated heterocycles. The van der Waals surface area contributed by atoms with Crippen LogP contribution in [0.1, 0.15) is 55.1 Å². The zero-order valence-corrected chi connectivity index (χ0v) is 36.1. The maximum atomic E-state index is 14.5. The molecule has 1 atom stereocenters. The van der Waals surface area contributed by atoms with Crippen molar-refractivity contribution < 1.29 is 48.3 Å². The van der Waals surface area contributed by atoms with Gasteiger partial charge in [-0.15, -0.1) is 0 Å². The summed E-state index contributed by atoms with van der Waals surface area (Å²) in [4.78, 5) is 35.8. The van der Waals surface area contributed by atoms with E-state index in [1.54, 1.807) is 131 Å². The molecular formula is C48H48O10P2. The van der Waals surface area contributed by atoms with Gasteiger partial charge in [0.15, 0.2) is 20.4 Å². The van der Waals surface area contributed by atoms with Gasteiger partial charge in [-0.3, -0.25) is 4.79 Å². The molecule has 0 radical (unpaired) electrons. The van der Waals surface area contributed by atoms with E-state index < -0.39 is 50.8 Å². The van der Waals surface area contributed by atoms with Gasteiger partial charge in [-0.2, -0.15) is 0 Å². The quantitative estimate of drug-likeness (QED) is 0.0909. The number of hydrogen-bond donors (Lipinski definition) is 3. The summed E-state index contributed by atoms with van der Waals surface area (Å²) in [5.41, 5.74) is 4.31. The van der Waals surface area contributed by atoms with Gasteiger partial charge in [-0.1, -0.05) is 133 Å². The van der Waals surface area contributed by atoms with Crippen LogP contribution in [0.4, 0.5) is 0 Å². The molecule has 0 fully saturated rings. The normalized spacial score (nSPS) is 11.8. The van der Waals surface area contributed by atoms with Crippen LogP contribution in [0, 0.1) is 41.5 Å². The number of rotatable bonds is 14. The van der Waals surface area contributed by atoms with E-state index in [4.69, 9.17) is 19.7 Å². The molecule has 0 amide bonds. The van der Waals surface area contributed by atoms with Gasteiger partial charge in [0.25, 0.3) is 0 Å². The number of aliphatic carboxylic acids is 2. The predicted molar refractivity (Wildman–Crippen MR) is 236 cm³/mol. The number of benzene rings is 6. The maximum absolute atomic E-state index is 14.5. The highest BCUT2D eigenvalue weighted by atomic mass is 31.2. The molecule has 310 valence electrons. The average Bonchev–Trinajstić information content (AvgIpc) is 3.23. The van der Waals surface area contributed by atoms with E-state index in [0.29, 0.717) is 60.5 Å². The Morgan fingerprint density at radius 3 is 1.25 bits per heavy atom. The van der Waals surface area contributed by atoms with Gasteiger partial charge in [0.05, 0.1) is 0 Å². The lowest BCUT2D eigenvalue weighted by Gasteiger charge is -2.28. The molecule has 0 saturated carbocycles. The number of aliphatic hydroxyl groups excluding tert-OH is 1. The van der Waals surface area contributed by atoms with Crippen molar-refractivity contribution >= 4 is 53.0 Å².